The normalized spacial score (nSPS) is 21.5. The summed E-state index contributed by atoms with van der Waals surface area (Å²) in [5.41, 5.74) is 2.19. The summed E-state index contributed by atoms with van der Waals surface area (Å²) >= 11 is 0. The zero-order valence-electron chi connectivity index (χ0n) is 20.8. The van der Waals surface area contributed by atoms with Crippen molar-refractivity contribution < 1.29 is 9.59 Å². The largest absolute Gasteiger partial charge is 0.351 e. The molecule has 0 unspecified atom stereocenters. The highest BCUT2D eigenvalue weighted by Gasteiger charge is 2.24. The zero-order valence-corrected chi connectivity index (χ0v) is 20.8. The minimum absolute atomic E-state index is 0.00705. The van der Waals surface area contributed by atoms with Crippen molar-refractivity contribution in [3.63, 3.8) is 0 Å². The number of anilines is 1. The molecule has 0 atom stereocenters. The third-order valence-electron chi connectivity index (χ3n) is 7.39. The lowest BCUT2D eigenvalue weighted by Crippen LogP contribution is -2.40. The molecule has 0 spiro atoms. The summed E-state index contributed by atoms with van der Waals surface area (Å²) < 4.78 is 2.06. The van der Waals surface area contributed by atoms with Crippen LogP contribution in [0.5, 0.6) is 0 Å². The number of fused-ring (bicyclic) bond motifs is 3. The Labute approximate surface area is 212 Å². The lowest BCUT2D eigenvalue weighted by Gasteiger charge is -2.29. The Morgan fingerprint density at radius 1 is 0.944 bits per heavy atom. The van der Waals surface area contributed by atoms with Crippen molar-refractivity contribution in [1.82, 2.24) is 25.2 Å². The highest BCUT2D eigenvalue weighted by molar-refractivity contribution is 5.98. The molecule has 3 heterocycles. The molecule has 3 aromatic rings. The van der Waals surface area contributed by atoms with Crippen molar-refractivity contribution in [2.75, 3.05) is 11.9 Å². The Morgan fingerprint density at radius 2 is 1.67 bits per heavy atom. The third kappa shape index (κ3) is 5.86. The second-order valence-electron chi connectivity index (χ2n) is 10.1. The highest BCUT2D eigenvalue weighted by atomic mass is 16.2. The number of hydrogen-bond donors (Lipinski definition) is 3. The van der Waals surface area contributed by atoms with E-state index in [1.54, 1.807) is 0 Å². The molecule has 1 aliphatic heterocycles. The third-order valence-corrected chi connectivity index (χ3v) is 7.39. The molecule has 1 aromatic carbocycles. The Morgan fingerprint density at radius 3 is 2.47 bits per heavy atom. The van der Waals surface area contributed by atoms with Crippen molar-refractivity contribution in [2.24, 2.45) is 0 Å². The van der Waals surface area contributed by atoms with Crippen LogP contribution in [0.15, 0.2) is 42.6 Å². The quantitative estimate of drug-likeness (QED) is 0.496. The summed E-state index contributed by atoms with van der Waals surface area (Å²) in [6, 6.07) is 11.7. The number of rotatable bonds is 4. The monoisotopic (exact) mass is 488 g/mol. The van der Waals surface area contributed by atoms with E-state index >= 15 is 0 Å². The predicted octanol–water partition coefficient (Wildman–Crippen LogP) is 4.67. The summed E-state index contributed by atoms with van der Waals surface area (Å²) in [4.78, 5) is 34.7. The van der Waals surface area contributed by atoms with Gasteiger partial charge in [-0.3, -0.25) is 9.59 Å². The van der Waals surface area contributed by atoms with Crippen LogP contribution in [0.25, 0.3) is 11.0 Å². The van der Waals surface area contributed by atoms with Gasteiger partial charge in [-0.25, -0.2) is 4.98 Å². The van der Waals surface area contributed by atoms with E-state index in [-0.39, 0.29) is 23.9 Å². The number of nitrogens with zero attached hydrogens (tertiary/aromatic N) is 3. The minimum Gasteiger partial charge on any atom is -0.351 e. The van der Waals surface area contributed by atoms with Gasteiger partial charge in [0, 0.05) is 42.3 Å². The smallest absolute Gasteiger partial charge is 0.267 e. The predicted molar refractivity (Wildman–Crippen MR) is 141 cm³/mol. The van der Waals surface area contributed by atoms with Crippen LogP contribution in [0.4, 0.5) is 5.95 Å². The molecule has 8 nitrogen and oxygen atoms in total. The van der Waals surface area contributed by atoms with E-state index in [0.717, 1.165) is 56.1 Å². The number of carbonyl (C=O) groups is 2. The molecular formula is C28H36N6O2. The number of nitrogens with one attached hydrogen (secondary N) is 3. The first-order chi connectivity index (χ1) is 17.7. The number of amides is 2. The number of hydrogen-bond acceptors (Lipinski definition) is 5. The van der Waals surface area contributed by atoms with Crippen LogP contribution in [0, 0.1) is 0 Å². The molecule has 36 heavy (non-hydrogen) atoms. The van der Waals surface area contributed by atoms with Crippen molar-refractivity contribution in [3.8, 4) is 0 Å². The van der Waals surface area contributed by atoms with Crippen LogP contribution in [-0.4, -0.2) is 45.0 Å². The van der Waals surface area contributed by atoms with Gasteiger partial charge in [-0.05, 0) is 56.7 Å². The van der Waals surface area contributed by atoms with Crippen LogP contribution < -0.4 is 16.0 Å². The van der Waals surface area contributed by atoms with Crippen LogP contribution in [0.3, 0.4) is 0 Å². The lowest BCUT2D eigenvalue weighted by molar-refractivity contribution is 0.0923. The van der Waals surface area contributed by atoms with Gasteiger partial charge in [-0.1, -0.05) is 43.9 Å². The minimum atomic E-state index is -0.0287. The molecule has 3 N–H and O–H groups in total. The van der Waals surface area contributed by atoms with Gasteiger partial charge < -0.3 is 20.5 Å². The summed E-state index contributed by atoms with van der Waals surface area (Å²) in [7, 11) is 0. The maximum Gasteiger partial charge on any atom is 0.267 e. The van der Waals surface area contributed by atoms with Crippen molar-refractivity contribution in [3.05, 3.63) is 53.9 Å². The van der Waals surface area contributed by atoms with Crippen LogP contribution in [0.1, 0.15) is 85.1 Å². The molecule has 1 fully saturated rings. The molecule has 2 amide bonds. The first kappa shape index (κ1) is 24.3. The molecule has 1 aliphatic carbocycles. The second kappa shape index (κ2) is 11.5. The van der Waals surface area contributed by atoms with Crippen LogP contribution >= 0.6 is 0 Å². The molecular weight excluding hydrogens is 452 g/mol. The molecule has 0 bridgehead atoms. The van der Waals surface area contributed by atoms with Gasteiger partial charge in [0.15, 0.2) is 0 Å². The number of benzene rings is 1. The van der Waals surface area contributed by atoms with Crippen LogP contribution in [0.2, 0.25) is 0 Å². The zero-order chi connectivity index (χ0) is 24.7. The summed E-state index contributed by atoms with van der Waals surface area (Å²) in [5.74, 6) is 0.568. The van der Waals surface area contributed by atoms with Crippen molar-refractivity contribution >= 4 is 28.8 Å². The molecule has 2 aliphatic rings. The van der Waals surface area contributed by atoms with Crippen molar-refractivity contribution in [2.45, 2.75) is 82.8 Å². The summed E-state index contributed by atoms with van der Waals surface area (Å²) in [6.45, 7) is 1.50. The standard InChI is InChI=1S/C28H36N6O2/c35-26(20-10-6-5-7-11-20)31-22-12-14-23(15-13-22)32-28-30-19-21-18-24-27(36)29-16-8-3-1-2-4-9-17-34(24)25(21)33-28/h5-7,10-11,18-19,22-23H,1-4,8-9,12-17H2,(H,29,36)(H,31,35)(H,30,32,33). The Balaban J connectivity index is 1.23. The second-order valence-corrected chi connectivity index (χ2v) is 10.1. The fourth-order valence-corrected chi connectivity index (χ4v) is 5.34. The molecule has 1 saturated carbocycles. The Hall–Kier alpha value is -3.42. The maximum absolute atomic E-state index is 12.9. The van der Waals surface area contributed by atoms with E-state index in [9.17, 15) is 9.59 Å². The van der Waals surface area contributed by atoms with E-state index in [1.807, 2.05) is 42.6 Å². The van der Waals surface area contributed by atoms with Gasteiger partial charge in [0.1, 0.15) is 11.3 Å². The SMILES string of the molecule is O=C(NC1CCC(Nc2ncc3cc4n(c3n2)CCCCCCCCNC4=O)CC1)c1ccccc1. The fourth-order valence-electron chi connectivity index (χ4n) is 5.34. The molecule has 2 aromatic heterocycles. The van der Waals surface area contributed by atoms with Gasteiger partial charge >= 0.3 is 0 Å². The molecule has 0 saturated heterocycles. The number of aryl methyl sites for hydroxylation is 1. The summed E-state index contributed by atoms with van der Waals surface area (Å²) in [5, 5.41) is 10.6. The van der Waals surface area contributed by atoms with E-state index in [4.69, 9.17) is 4.98 Å². The molecule has 5 rings (SSSR count). The van der Waals surface area contributed by atoms with Crippen LogP contribution in [-0.2, 0) is 6.54 Å². The summed E-state index contributed by atoms with van der Waals surface area (Å²) in [6.07, 6.45) is 12.4. The van der Waals surface area contributed by atoms with Gasteiger partial charge in [0.2, 0.25) is 5.95 Å². The van der Waals surface area contributed by atoms with Crippen molar-refractivity contribution in [1.29, 1.82) is 0 Å². The fraction of sp³-hybridized carbons (Fsp3) is 0.500. The first-order valence-corrected chi connectivity index (χ1v) is 13.4. The molecule has 190 valence electrons. The number of carbonyl (C=O) groups excluding carboxylic acids is 2. The number of aromatic nitrogens is 3. The Bertz CT molecular complexity index is 1180. The topological polar surface area (TPSA) is 101 Å². The highest BCUT2D eigenvalue weighted by Crippen LogP contribution is 2.24. The average molecular weight is 489 g/mol. The van der Waals surface area contributed by atoms with E-state index in [2.05, 4.69) is 25.5 Å². The molecule has 0 radical (unpaired) electrons. The average Bonchev–Trinajstić information content (AvgIpc) is 3.26. The van der Waals surface area contributed by atoms with E-state index < -0.39 is 0 Å². The molecule has 8 heteroatoms. The van der Waals surface area contributed by atoms with E-state index in [1.165, 1.54) is 25.7 Å². The Kier molecular flexibility index (Phi) is 7.79. The van der Waals surface area contributed by atoms with Gasteiger partial charge in [0.25, 0.3) is 11.8 Å². The first-order valence-electron chi connectivity index (χ1n) is 13.4. The van der Waals surface area contributed by atoms with Gasteiger partial charge in [-0.15, -0.1) is 0 Å². The van der Waals surface area contributed by atoms with Gasteiger partial charge in [0.05, 0.1) is 0 Å². The maximum atomic E-state index is 12.9. The lowest BCUT2D eigenvalue weighted by atomic mass is 9.91. The van der Waals surface area contributed by atoms with Gasteiger partial charge in [-0.2, -0.15) is 4.98 Å². The van der Waals surface area contributed by atoms with E-state index in [0.29, 0.717) is 23.8 Å².